The molecule has 0 aliphatic carbocycles. The van der Waals surface area contributed by atoms with Crippen molar-refractivity contribution in [1.29, 1.82) is 0 Å². The van der Waals surface area contributed by atoms with Crippen molar-refractivity contribution >= 4 is 130 Å². The molecule has 0 aliphatic heterocycles. The lowest BCUT2D eigenvalue weighted by Gasteiger charge is -2.27. The third-order valence-electron chi connectivity index (χ3n) is 14.0. The molecule has 0 aliphatic rings. The first-order chi connectivity index (χ1) is 47.8. The Kier molecular flexibility index (Phi) is 26.5. The fourth-order valence-corrected chi connectivity index (χ4v) is 9.43. The number of anilines is 7. The van der Waals surface area contributed by atoms with Gasteiger partial charge in [0.05, 0.1) is 70.9 Å². The Balaban J connectivity index is 0.000000226. The van der Waals surface area contributed by atoms with E-state index in [0.29, 0.717) is 69.3 Å². The minimum Gasteiger partial charge on any atom is -0.506 e. The number of phenolic OH excluding ortho intramolecular Hbond substituents is 2. The molecule has 10 rings (SSSR count). The maximum absolute atomic E-state index is 11.8. The van der Waals surface area contributed by atoms with E-state index in [1.807, 2.05) is 53.4 Å². The zero-order chi connectivity index (χ0) is 74.5. The highest BCUT2D eigenvalue weighted by atomic mass is 79.9. The third kappa shape index (κ3) is 20.5. The number of nitrogen functional groups attached to an aromatic ring is 1. The fraction of sp³-hybridized carbons (Fsp3) is 0.0714. The van der Waals surface area contributed by atoms with Crippen LogP contribution in [-0.4, -0.2) is 68.7 Å². The van der Waals surface area contributed by atoms with Gasteiger partial charge in [-0.25, -0.2) is 0 Å². The van der Waals surface area contributed by atoms with Gasteiger partial charge in [0, 0.05) is 55.0 Å². The second kappa shape index (κ2) is 35.0. The molecule has 0 saturated heterocycles. The Morgan fingerprint density at radius 3 is 0.950 bits per heavy atom. The number of carbonyl (C=O) groups is 5. The molecular weight excluding hydrogens is 1400 g/mol. The SMILES string of the molecule is CC(=O)c1ccc(Br)cc1.CC(=O)c1ccc(N(c2ccc(C(C)=O)cc2)c2ccccc2O)cc1.CC(=O)c1ccc(N(c2ccc(C(C)=O)cc2)c2ccccc2Oc2c([N+](=O)[O-])cc([N+](=O)[O-])cc2[N+](=O)[O-])cc1.Nc1ccccc1O.O=[N+]([O-])c1cc([N+](=O)[O-])c(Cl)c([N+](=O)[O-])c1. The Hall–Kier alpha value is -13.5. The summed E-state index contributed by atoms with van der Waals surface area (Å²) in [6, 6.07) is 57.0. The van der Waals surface area contributed by atoms with Crippen LogP contribution in [0, 0.1) is 60.7 Å². The van der Waals surface area contributed by atoms with Crippen LogP contribution in [0.4, 0.5) is 73.9 Å². The predicted octanol–water partition coefficient (Wildman–Crippen LogP) is 18.0. The van der Waals surface area contributed by atoms with Gasteiger partial charge in [0.15, 0.2) is 39.7 Å². The number of para-hydroxylation sites is 6. The van der Waals surface area contributed by atoms with Gasteiger partial charge in [0.25, 0.3) is 17.1 Å². The Labute approximate surface area is 585 Å². The summed E-state index contributed by atoms with van der Waals surface area (Å²) in [6.45, 7) is 7.44. The first-order valence-corrected chi connectivity index (χ1v) is 30.2. The van der Waals surface area contributed by atoms with Crippen LogP contribution >= 0.6 is 27.5 Å². The summed E-state index contributed by atoms with van der Waals surface area (Å²) in [5, 5.41) is 84.6. The first-order valence-electron chi connectivity index (χ1n) is 29.1. The number of benzene rings is 10. The number of aromatic hydroxyl groups is 2. The predicted molar refractivity (Wildman–Crippen MR) is 378 cm³/mol. The lowest BCUT2D eigenvalue weighted by atomic mass is 10.1. The topological polar surface area (TPSA) is 426 Å². The number of hydrogen-bond acceptors (Lipinski definition) is 23. The van der Waals surface area contributed by atoms with Gasteiger partial charge in [-0.3, -0.25) is 84.7 Å². The van der Waals surface area contributed by atoms with Gasteiger partial charge >= 0.3 is 22.7 Å². The fourth-order valence-electron chi connectivity index (χ4n) is 8.92. The summed E-state index contributed by atoms with van der Waals surface area (Å²) < 4.78 is 6.82. The average Bonchev–Trinajstić information content (AvgIpc) is 0.797. The molecule has 4 N–H and O–H groups in total. The quantitative estimate of drug-likeness (QED) is 0.0222. The lowest BCUT2D eigenvalue weighted by Crippen LogP contribution is -2.12. The summed E-state index contributed by atoms with van der Waals surface area (Å²) in [6.07, 6.45) is 0. The summed E-state index contributed by atoms with van der Waals surface area (Å²) >= 11 is 8.65. The second-order valence-electron chi connectivity index (χ2n) is 20.9. The second-order valence-corrected chi connectivity index (χ2v) is 22.2. The number of hydrogen-bond donors (Lipinski definition) is 3. The number of ether oxygens (including phenoxy) is 1. The van der Waals surface area contributed by atoms with E-state index in [4.69, 9.17) is 27.2 Å². The molecule has 29 nitrogen and oxygen atoms in total. The van der Waals surface area contributed by atoms with E-state index in [1.165, 1.54) is 39.8 Å². The molecule has 0 aromatic heterocycles. The zero-order valence-corrected chi connectivity index (χ0v) is 55.8. The average molecular weight is 1460 g/mol. The number of halogens is 2. The largest absolute Gasteiger partial charge is 0.506 e. The number of nitrogens with two attached hydrogens (primary N) is 1. The standard InChI is InChI=1S/C28H20N4O9.C22H19NO3.C8H7BrO.C6H2ClN3O6.C6H7NO/c1-17(33)19-7-11-21(12-8-19)29(22-13-9-20(10-14-22)18(2)34)24-5-3-4-6-27(24)41-28-25(31(37)38)15-23(30(35)36)16-26(28)32(39)40;1-15(24)17-7-11-19(12-8-17)23(21-5-3-4-6-22(21)26)20-13-9-18(10-14-20)16(2)25;1-6(10)7-2-4-8(9)5-3-7;7-6-4(9(13)14)1-3(8(11)12)2-5(6)10(15)16;7-5-3-1-2-4-6(5)8/h3-16H,1-2H3;3-14,26H,1-2H3;2-5H,1H3;1-2H;1-4,8H,7H2. The molecule has 0 bridgehead atoms. The smallest absolute Gasteiger partial charge is 0.325 e. The summed E-state index contributed by atoms with van der Waals surface area (Å²) in [5.74, 6) is -0.784. The molecular formula is C70H55BrClN9O20. The first kappa shape index (κ1) is 76.5. The number of Topliss-reactive ketones (excluding diaryl/α,β-unsaturated/α-hetero) is 5. The molecule has 0 unspecified atom stereocenters. The highest BCUT2D eigenvalue weighted by molar-refractivity contribution is 9.10. The number of rotatable bonds is 19. The summed E-state index contributed by atoms with van der Waals surface area (Å²) in [5.41, 5.74) is 6.83. The summed E-state index contributed by atoms with van der Waals surface area (Å²) in [4.78, 5) is 121. The van der Waals surface area contributed by atoms with Crippen molar-refractivity contribution in [3.8, 4) is 23.0 Å². The van der Waals surface area contributed by atoms with Gasteiger partial charge in [-0.15, -0.1) is 0 Å². The van der Waals surface area contributed by atoms with Gasteiger partial charge in [-0.2, -0.15) is 0 Å². The van der Waals surface area contributed by atoms with E-state index < -0.39 is 74.4 Å². The monoisotopic (exact) mass is 1460 g/mol. The molecule has 0 saturated carbocycles. The van der Waals surface area contributed by atoms with Crippen molar-refractivity contribution in [2.45, 2.75) is 34.6 Å². The van der Waals surface area contributed by atoms with Crippen LogP contribution in [-0.2, 0) is 0 Å². The molecule has 0 heterocycles. The number of carbonyl (C=O) groups excluding carboxylic acids is 5. The van der Waals surface area contributed by atoms with Crippen molar-refractivity contribution in [3.63, 3.8) is 0 Å². The number of non-ortho nitro benzene ring substituents is 2. The van der Waals surface area contributed by atoms with Gasteiger partial charge < -0.3 is 30.5 Å². The van der Waals surface area contributed by atoms with Crippen LogP contribution < -0.4 is 20.3 Å². The van der Waals surface area contributed by atoms with E-state index in [2.05, 4.69) is 15.9 Å². The van der Waals surface area contributed by atoms with Crippen LogP contribution in [0.2, 0.25) is 5.02 Å². The van der Waals surface area contributed by atoms with E-state index in [1.54, 1.807) is 145 Å². The van der Waals surface area contributed by atoms with Crippen LogP contribution in [0.15, 0.2) is 223 Å². The number of nitrogens with zero attached hydrogens (tertiary/aromatic N) is 8. The Morgan fingerprint density at radius 1 is 0.386 bits per heavy atom. The summed E-state index contributed by atoms with van der Waals surface area (Å²) in [7, 11) is 0. The van der Waals surface area contributed by atoms with Gasteiger partial charge in [0.1, 0.15) is 11.5 Å². The van der Waals surface area contributed by atoms with Crippen molar-refractivity contribution in [3.05, 3.63) is 316 Å². The molecule has 0 amide bonds. The molecule has 514 valence electrons. The highest BCUT2D eigenvalue weighted by Gasteiger charge is 2.34. The molecule has 10 aromatic carbocycles. The molecule has 10 aromatic rings. The molecule has 0 radical (unpaired) electrons. The molecule has 0 fully saturated rings. The van der Waals surface area contributed by atoms with Gasteiger partial charge in [-0.1, -0.05) is 76.1 Å². The third-order valence-corrected chi connectivity index (χ3v) is 14.9. The van der Waals surface area contributed by atoms with E-state index in [9.17, 15) is 89.8 Å². The van der Waals surface area contributed by atoms with Crippen LogP contribution in [0.1, 0.15) is 86.4 Å². The van der Waals surface area contributed by atoms with Gasteiger partial charge in [-0.05, 0) is 180 Å². The normalized spacial score (nSPS) is 10.1. The number of ketones is 5. The maximum atomic E-state index is 11.8. The molecule has 0 spiro atoms. The zero-order valence-electron chi connectivity index (χ0n) is 53.4. The Morgan fingerprint density at radius 2 is 0.663 bits per heavy atom. The van der Waals surface area contributed by atoms with Crippen molar-refractivity contribution in [1.82, 2.24) is 0 Å². The van der Waals surface area contributed by atoms with E-state index in [-0.39, 0.29) is 51.9 Å². The molecule has 0 atom stereocenters. The van der Waals surface area contributed by atoms with Crippen molar-refractivity contribution in [2.24, 2.45) is 0 Å². The van der Waals surface area contributed by atoms with E-state index in [0.717, 1.165) is 21.4 Å². The number of nitro groups is 6. The van der Waals surface area contributed by atoms with Crippen molar-refractivity contribution < 1.29 is 68.5 Å². The highest BCUT2D eigenvalue weighted by Crippen LogP contribution is 2.48. The van der Waals surface area contributed by atoms with E-state index >= 15 is 0 Å². The number of nitro benzene ring substituents is 6. The number of phenols is 2. The van der Waals surface area contributed by atoms with Crippen LogP contribution in [0.3, 0.4) is 0 Å². The van der Waals surface area contributed by atoms with Gasteiger partial charge in [0.2, 0.25) is 0 Å². The van der Waals surface area contributed by atoms with Crippen LogP contribution in [0.25, 0.3) is 0 Å². The Bertz CT molecular complexity index is 4610. The minimum atomic E-state index is -1.03. The maximum Gasteiger partial charge on any atom is 0.325 e. The lowest BCUT2D eigenvalue weighted by molar-refractivity contribution is -0.404. The molecule has 101 heavy (non-hydrogen) atoms. The molecule has 31 heteroatoms. The van der Waals surface area contributed by atoms with Crippen molar-refractivity contribution in [2.75, 3.05) is 15.5 Å². The minimum absolute atomic E-state index is 0.00327. The van der Waals surface area contributed by atoms with Crippen LogP contribution in [0.5, 0.6) is 23.0 Å².